The quantitative estimate of drug-likeness (QED) is 0.470. The monoisotopic (exact) mass is 535 g/mol. The van der Waals surface area contributed by atoms with E-state index in [9.17, 15) is 24.8 Å². The summed E-state index contributed by atoms with van der Waals surface area (Å²) in [6.45, 7) is 4.92. The predicted octanol–water partition coefficient (Wildman–Crippen LogP) is 0.745. The average Bonchev–Trinajstić information content (AvgIpc) is 2.88. The van der Waals surface area contributed by atoms with Gasteiger partial charge in [0.1, 0.15) is 12.2 Å². The van der Waals surface area contributed by atoms with Gasteiger partial charge in [0, 0.05) is 34.4 Å². The first-order chi connectivity index (χ1) is 18.5. The summed E-state index contributed by atoms with van der Waals surface area (Å²) in [5.41, 5.74) is 8.77. The highest BCUT2D eigenvalue weighted by atomic mass is 16.5. The van der Waals surface area contributed by atoms with Crippen molar-refractivity contribution in [2.75, 3.05) is 21.3 Å². The number of nitrogens with one attached hydrogen (secondary N) is 1. The molecule has 1 fully saturated rings. The Hall–Kier alpha value is -3.72. The van der Waals surface area contributed by atoms with Crippen LogP contribution in [-0.4, -0.2) is 84.0 Å². The number of amides is 1. The topological polar surface area (TPSA) is 158 Å². The Labute approximate surface area is 226 Å². The molecule has 1 aliphatic carbocycles. The molecule has 1 saturated heterocycles. The first-order valence-electron chi connectivity index (χ1n) is 12.9. The molecule has 6 atom stereocenters. The molecular formula is C28H33N5O6. The van der Waals surface area contributed by atoms with E-state index in [0.717, 1.165) is 11.1 Å². The van der Waals surface area contributed by atoms with Gasteiger partial charge in [0.2, 0.25) is 11.7 Å². The van der Waals surface area contributed by atoms with Crippen LogP contribution in [0.25, 0.3) is 0 Å². The number of hydrogen-bond acceptors (Lipinski definition) is 10. The van der Waals surface area contributed by atoms with Crippen molar-refractivity contribution in [2.24, 2.45) is 5.73 Å². The van der Waals surface area contributed by atoms with Crippen LogP contribution in [0.15, 0.2) is 28.5 Å². The number of aryl methyl sites for hydroxylation is 1. The summed E-state index contributed by atoms with van der Waals surface area (Å²) in [4.78, 5) is 44.2. The van der Waals surface area contributed by atoms with Crippen molar-refractivity contribution >= 4 is 17.5 Å². The van der Waals surface area contributed by atoms with Crippen molar-refractivity contribution in [3.63, 3.8) is 0 Å². The zero-order valence-corrected chi connectivity index (χ0v) is 22.9. The van der Waals surface area contributed by atoms with Gasteiger partial charge in [-0.3, -0.25) is 24.2 Å². The molecule has 39 heavy (non-hydrogen) atoms. The van der Waals surface area contributed by atoms with Gasteiger partial charge < -0.3 is 25.6 Å². The highest BCUT2D eigenvalue weighted by Gasteiger charge is 2.58. The highest BCUT2D eigenvalue weighted by Crippen LogP contribution is 2.53. The van der Waals surface area contributed by atoms with Crippen LogP contribution in [0.2, 0.25) is 0 Å². The molecule has 1 amide bonds. The van der Waals surface area contributed by atoms with Gasteiger partial charge in [-0.2, -0.15) is 5.26 Å². The van der Waals surface area contributed by atoms with Crippen molar-refractivity contribution in [1.29, 1.82) is 5.26 Å². The number of ketones is 2. The number of nitrogens with zero attached hydrogens (tertiary/aromatic N) is 3. The van der Waals surface area contributed by atoms with Crippen molar-refractivity contribution in [1.82, 2.24) is 15.1 Å². The first kappa shape index (κ1) is 26.9. The van der Waals surface area contributed by atoms with E-state index in [1.165, 1.54) is 21.1 Å². The number of aromatic hydroxyl groups is 1. The van der Waals surface area contributed by atoms with Crippen molar-refractivity contribution in [2.45, 2.75) is 70.0 Å². The number of nitrogens with two attached hydrogens (primary N) is 1. The number of phenolic OH excluding ortho intramolecular Hbond substituents is 1. The number of Topliss-reactive ketones (excluding diaryl/α,β-unsaturated/α-hetero) is 2. The van der Waals surface area contributed by atoms with Crippen LogP contribution in [0.4, 0.5) is 0 Å². The molecule has 1 aromatic rings. The SMILES string of the molecule is COC1=C(C)C(=O)C2=C(C1=O)[C@H](NC(=O)C(C)N)N1C(C2)[C@H]2c3c(cc(C)c(OC)c3O)C[C@@H]([C@@H]1C#N)N2C. The summed E-state index contributed by atoms with van der Waals surface area (Å²) in [6, 6.07) is 1.42. The molecule has 2 bridgehead atoms. The predicted molar refractivity (Wildman–Crippen MR) is 139 cm³/mol. The smallest absolute Gasteiger partial charge is 0.238 e. The number of benzene rings is 1. The number of phenols is 1. The van der Waals surface area contributed by atoms with Crippen molar-refractivity contribution in [3.05, 3.63) is 45.2 Å². The van der Waals surface area contributed by atoms with Gasteiger partial charge in [-0.15, -0.1) is 0 Å². The van der Waals surface area contributed by atoms with Crippen LogP contribution in [0, 0.1) is 18.3 Å². The molecule has 4 N–H and O–H groups in total. The number of rotatable bonds is 4. The van der Waals surface area contributed by atoms with Gasteiger partial charge in [-0.05, 0) is 51.8 Å². The largest absolute Gasteiger partial charge is 0.504 e. The zero-order valence-electron chi connectivity index (χ0n) is 22.9. The van der Waals surface area contributed by atoms with E-state index >= 15 is 0 Å². The fraction of sp³-hybridized carbons (Fsp3) is 0.500. The Bertz CT molecular complexity index is 1410. The van der Waals surface area contributed by atoms with Crippen LogP contribution < -0.4 is 15.8 Å². The second-order valence-electron chi connectivity index (χ2n) is 10.7. The molecule has 1 aromatic carbocycles. The molecular weight excluding hydrogens is 502 g/mol. The van der Waals surface area contributed by atoms with Crippen molar-refractivity contribution < 1.29 is 29.0 Å². The number of carbonyl (C=O) groups is 3. The van der Waals surface area contributed by atoms with Crippen LogP contribution in [0.1, 0.15) is 43.0 Å². The third kappa shape index (κ3) is 3.70. The molecule has 2 unspecified atom stereocenters. The Morgan fingerprint density at radius 2 is 1.90 bits per heavy atom. The second-order valence-corrected chi connectivity index (χ2v) is 10.7. The molecule has 206 valence electrons. The van der Waals surface area contributed by atoms with Crippen LogP contribution in [-0.2, 0) is 25.5 Å². The number of allylic oxidation sites excluding steroid dienone is 2. The Kier molecular flexibility index (Phi) is 6.53. The standard InChI is InChI=1S/C28H33N5O6/c1-11-7-14-8-16-18(10-29)33-17(21(32(16)4)19(14)23(35)25(11)38-5)9-15-20(27(33)31-28(37)13(3)30)24(36)26(39-6)12(2)22(15)34/h7,13,16-18,21,27,35H,8-9,30H2,1-6H3,(H,31,37)/t13?,16-,17?,18-,21-,27+/m0/s1. The Morgan fingerprint density at radius 1 is 1.21 bits per heavy atom. The maximum absolute atomic E-state index is 13.7. The Balaban J connectivity index is 1.76. The van der Waals surface area contributed by atoms with Gasteiger partial charge in [0.25, 0.3) is 0 Å². The van der Waals surface area contributed by atoms with E-state index < -0.39 is 42.0 Å². The van der Waals surface area contributed by atoms with E-state index in [-0.39, 0.29) is 46.5 Å². The third-order valence-electron chi connectivity index (χ3n) is 8.63. The van der Waals surface area contributed by atoms with Gasteiger partial charge >= 0.3 is 0 Å². The van der Waals surface area contributed by atoms with E-state index in [1.54, 1.807) is 6.92 Å². The average molecular weight is 536 g/mol. The highest BCUT2D eigenvalue weighted by molar-refractivity contribution is 6.25. The first-order valence-corrected chi connectivity index (χ1v) is 12.9. The molecule has 3 aliphatic heterocycles. The lowest BCUT2D eigenvalue weighted by Gasteiger charge is -2.60. The number of nitriles is 1. The molecule has 0 aromatic heterocycles. The number of ether oxygens (including phenoxy) is 2. The number of carbonyl (C=O) groups excluding carboxylic acids is 3. The van der Waals surface area contributed by atoms with Gasteiger partial charge in [0.15, 0.2) is 23.0 Å². The lowest BCUT2D eigenvalue weighted by Crippen LogP contribution is -2.73. The number of fused-ring (bicyclic) bond motifs is 6. The molecule has 0 radical (unpaired) electrons. The summed E-state index contributed by atoms with van der Waals surface area (Å²) >= 11 is 0. The zero-order chi connectivity index (χ0) is 28.5. The lowest BCUT2D eigenvalue weighted by molar-refractivity contribution is -0.130. The fourth-order valence-corrected chi connectivity index (χ4v) is 6.88. The number of likely N-dealkylation sites (N-methyl/N-ethyl adjacent to an activating group) is 1. The molecule has 3 heterocycles. The van der Waals surface area contributed by atoms with E-state index in [4.69, 9.17) is 15.2 Å². The maximum Gasteiger partial charge on any atom is 0.238 e. The molecule has 11 nitrogen and oxygen atoms in total. The third-order valence-corrected chi connectivity index (χ3v) is 8.63. The second kappa shape index (κ2) is 9.48. The molecule has 4 aliphatic rings. The van der Waals surface area contributed by atoms with Crippen LogP contribution >= 0.6 is 0 Å². The summed E-state index contributed by atoms with van der Waals surface area (Å²) in [7, 11) is 4.71. The summed E-state index contributed by atoms with van der Waals surface area (Å²) in [5.74, 6) is -1.08. The lowest BCUT2D eigenvalue weighted by atomic mass is 9.71. The van der Waals surface area contributed by atoms with Gasteiger partial charge in [-0.1, -0.05) is 6.07 Å². The van der Waals surface area contributed by atoms with Gasteiger partial charge in [0.05, 0.1) is 32.4 Å². The minimum absolute atomic E-state index is 0.0119. The van der Waals surface area contributed by atoms with Crippen molar-refractivity contribution in [3.8, 4) is 17.6 Å². The number of methoxy groups -OCH3 is 2. The maximum atomic E-state index is 13.7. The van der Waals surface area contributed by atoms with Crippen LogP contribution in [0.5, 0.6) is 11.5 Å². The number of piperazine rings is 1. The molecule has 0 spiro atoms. The van der Waals surface area contributed by atoms with E-state index in [0.29, 0.717) is 17.7 Å². The normalized spacial score (nSPS) is 29.2. The fourth-order valence-electron chi connectivity index (χ4n) is 6.88. The minimum Gasteiger partial charge on any atom is -0.504 e. The van der Waals surface area contributed by atoms with Gasteiger partial charge in [-0.25, -0.2) is 0 Å². The molecule has 11 heteroatoms. The summed E-state index contributed by atoms with van der Waals surface area (Å²) in [6.07, 6.45) is -0.503. The minimum atomic E-state index is -1.09. The van der Waals surface area contributed by atoms with E-state index in [2.05, 4.69) is 16.3 Å². The molecule has 5 rings (SSSR count). The van der Waals surface area contributed by atoms with Crippen LogP contribution in [0.3, 0.4) is 0 Å². The summed E-state index contributed by atoms with van der Waals surface area (Å²) in [5, 5.41) is 24.7. The number of hydrogen-bond donors (Lipinski definition) is 3. The Morgan fingerprint density at radius 3 is 2.49 bits per heavy atom. The van der Waals surface area contributed by atoms with E-state index in [1.807, 2.05) is 24.9 Å². The molecule has 0 saturated carbocycles. The summed E-state index contributed by atoms with van der Waals surface area (Å²) < 4.78 is 10.8.